The highest BCUT2D eigenvalue weighted by Crippen LogP contribution is 2.65. The maximum atomic E-state index is 11.2. The molecule has 0 amide bonds. The van der Waals surface area contributed by atoms with Gasteiger partial charge in [0.2, 0.25) is 0 Å². The molecule has 0 aromatic heterocycles. The molecule has 4 rings (SSSR count). The van der Waals surface area contributed by atoms with E-state index in [0.717, 1.165) is 54.8 Å². The summed E-state index contributed by atoms with van der Waals surface area (Å²) in [6.45, 7) is 9.50. The van der Waals surface area contributed by atoms with E-state index in [2.05, 4.69) is 25.6 Å². The van der Waals surface area contributed by atoms with Gasteiger partial charge in [0.05, 0.1) is 0 Å². The van der Waals surface area contributed by atoms with Crippen molar-refractivity contribution >= 4 is 5.71 Å². The van der Waals surface area contributed by atoms with Gasteiger partial charge in [-0.2, -0.15) is 4.79 Å². The van der Waals surface area contributed by atoms with Crippen molar-refractivity contribution in [2.75, 3.05) is 0 Å². The summed E-state index contributed by atoms with van der Waals surface area (Å²) in [7, 11) is 0. The molecule has 0 radical (unpaired) electrons. The Kier molecular flexibility index (Phi) is 5.09. The van der Waals surface area contributed by atoms with Gasteiger partial charge in [-0.3, -0.25) is 0 Å². The van der Waals surface area contributed by atoms with E-state index >= 15 is 0 Å². The molecule has 4 aliphatic carbocycles. The molecule has 0 spiro atoms. The van der Waals surface area contributed by atoms with Gasteiger partial charge in [0.1, 0.15) is 0 Å². The van der Waals surface area contributed by atoms with Gasteiger partial charge in [-0.25, -0.2) is 0 Å². The van der Waals surface area contributed by atoms with Crippen LogP contribution in [0.25, 0.3) is 5.53 Å². The first-order valence-electron chi connectivity index (χ1n) is 11.8. The molecule has 152 valence electrons. The standard InChI is InChI=1S/C24H40N2O/c1-5-22(26-25)24(27)13-11-17-16(14-24)6-7-19-18(17)10-12-23(4)20(15(2)3)8-9-21(19)23/h15-21,27H,5-14H2,1-4H3/t16-,17+,18-,19-,20-,21+,23-,24?/m1/s1. The topological polar surface area (TPSA) is 56.6 Å². The third-order valence-corrected chi connectivity index (χ3v) is 9.88. The van der Waals surface area contributed by atoms with Crippen molar-refractivity contribution in [2.45, 2.75) is 97.5 Å². The molecule has 0 aromatic rings. The predicted molar refractivity (Wildman–Crippen MR) is 109 cm³/mol. The van der Waals surface area contributed by atoms with E-state index in [9.17, 15) is 10.6 Å². The number of aliphatic hydroxyl groups is 1. The van der Waals surface area contributed by atoms with Crippen LogP contribution in [-0.2, 0) is 0 Å². The molecule has 3 nitrogen and oxygen atoms in total. The van der Waals surface area contributed by atoms with E-state index in [4.69, 9.17) is 0 Å². The van der Waals surface area contributed by atoms with Crippen LogP contribution in [0, 0.1) is 46.8 Å². The van der Waals surface area contributed by atoms with Gasteiger partial charge in [-0.05, 0) is 105 Å². The summed E-state index contributed by atoms with van der Waals surface area (Å²) in [6, 6.07) is 0. The van der Waals surface area contributed by atoms with Crippen molar-refractivity contribution in [3.8, 4) is 0 Å². The Hall–Kier alpha value is -0.660. The van der Waals surface area contributed by atoms with Gasteiger partial charge in [-0.1, -0.05) is 27.7 Å². The lowest BCUT2D eigenvalue weighted by molar-refractivity contribution is -0.105. The van der Waals surface area contributed by atoms with E-state index in [0.29, 0.717) is 23.5 Å². The summed E-state index contributed by atoms with van der Waals surface area (Å²) in [4.78, 5) is 3.47. The second-order valence-corrected chi connectivity index (χ2v) is 11.1. The van der Waals surface area contributed by atoms with E-state index in [-0.39, 0.29) is 0 Å². The van der Waals surface area contributed by atoms with Crippen LogP contribution in [0.15, 0.2) is 0 Å². The van der Waals surface area contributed by atoms with Crippen molar-refractivity contribution in [2.24, 2.45) is 46.8 Å². The molecule has 0 saturated heterocycles. The average Bonchev–Trinajstić information content (AvgIpc) is 2.99. The summed E-state index contributed by atoms with van der Waals surface area (Å²) >= 11 is 0. The predicted octanol–water partition coefficient (Wildman–Crippen LogP) is 5.72. The number of rotatable bonds is 3. The molecule has 0 aromatic carbocycles. The zero-order valence-corrected chi connectivity index (χ0v) is 18.0. The van der Waals surface area contributed by atoms with Gasteiger partial charge >= 0.3 is 0 Å². The van der Waals surface area contributed by atoms with Crippen molar-refractivity contribution in [3.05, 3.63) is 5.53 Å². The van der Waals surface area contributed by atoms with Crippen LogP contribution in [0.4, 0.5) is 0 Å². The Balaban J connectivity index is 1.52. The molecular weight excluding hydrogens is 332 g/mol. The van der Waals surface area contributed by atoms with Gasteiger partial charge in [0, 0.05) is 6.42 Å². The quantitative estimate of drug-likeness (QED) is 0.384. The zero-order chi connectivity index (χ0) is 19.4. The first kappa shape index (κ1) is 19.6. The highest BCUT2D eigenvalue weighted by molar-refractivity contribution is 5.87. The molecule has 8 atom stereocenters. The Morgan fingerprint density at radius 3 is 2.44 bits per heavy atom. The highest BCUT2D eigenvalue weighted by Gasteiger charge is 2.58. The second-order valence-electron chi connectivity index (χ2n) is 11.1. The number of hydrogen-bond donors (Lipinski definition) is 1. The summed E-state index contributed by atoms with van der Waals surface area (Å²) in [5, 5.41) is 11.2. The van der Waals surface area contributed by atoms with Gasteiger partial charge < -0.3 is 10.6 Å². The zero-order valence-electron chi connectivity index (χ0n) is 18.0. The SMILES string of the molecule is CCC(=[N+]=[N-])C1(O)CC[C@H]2[C@H](CC[C@@H]3[C@@H]2CC[C@]2(C)[C@@H](C(C)C)CC[C@@H]32)C1. The summed E-state index contributed by atoms with van der Waals surface area (Å²) in [5.74, 6) is 5.91. The molecule has 1 unspecified atom stereocenters. The molecule has 0 aliphatic heterocycles. The van der Waals surface area contributed by atoms with Crippen LogP contribution in [0.2, 0.25) is 0 Å². The fourth-order valence-corrected chi connectivity index (χ4v) is 8.77. The second kappa shape index (κ2) is 6.99. The lowest BCUT2D eigenvalue weighted by atomic mass is 9.48. The monoisotopic (exact) mass is 372 g/mol. The third kappa shape index (κ3) is 2.96. The first-order valence-corrected chi connectivity index (χ1v) is 11.8. The summed E-state index contributed by atoms with van der Waals surface area (Å²) in [5.41, 5.74) is 9.69. The lowest BCUT2D eigenvalue weighted by Gasteiger charge is -2.57. The third-order valence-electron chi connectivity index (χ3n) is 9.88. The fraction of sp³-hybridized carbons (Fsp3) is 0.958. The molecule has 4 aliphatic rings. The molecule has 4 saturated carbocycles. The molecule has 1 N–H and O–H groups in total. The molecule has 0 bridgehead atoms. The first-order chi connectivity index (χ1) is 12.8. The van der Waals surface area contributed by atoms with Crippen LogP contribution in [0.1, 0.15) is 91.9 Å². The van der Waals surface area contributed by atoms with Crippen LogP contribution < -0.4 is 0 Å². The van der Waals surface area contributed by atoms with Crippen molar-refractivity contribution in [1.29, 1.82) is 0 Å². The lowest BCUT2D eigenvalue weighted by Crippen LogP contribution is -2.53. The van der Waals surface area contributed by atoms with E-state index in [1.165, 1.54) is 38.5 Å². The fourth-order valence-electron chi connectivity index (χ4n) is 8.77. The Morgan fingerprint density at radius 2 is 1.78 bits per heavy atom. The number of hydrogen-bond acceptors (Lipinski definition) is 1. The number of nitrogens with zero attached hydrogens (tertiary/aromatic N) is 2. The van der Waals surface area contributed by atoms with Crippen molar-refractivity contribution < 1.29 is 9.90 Å². The van der Waals surface area contributed by atoms with E-state index in [1.54, 1.807) is 0 Å². The molecule has 3 heteroatoms. The normalized spacial score (nSPS) is 49.1. The minimum atomic E-state index is -0.850. The minimum Gasteiger partial charge on any atom is -0.378 e. The van der Waals surface area contributed by atoms with Gasteiger partial charge in [-0.15, -0.1) is 0 Å². The molecule has 27 heavy (non-hydrogen) atoms. The number of fused-ring (bicyclic) bond motifs is 5. The average molecular weight is 373 g/mol. The summed E-state index contributed by atoms with van der Waals surface area (Å²) < 4.78 is 0. The highest BCUT2D eigenvalue weighted by atomic mass is 16.3. The maximum Gasteiger partial charge on any atom is 0.299 e. The van der Waals surface area contributed by atoms with Gasteiger partial charge in [0.25, 0.3) is 5.71 Å². The van der Waals surface area contributed by atoms with Crippen LogP contribution in [0.5, 0.6) is 0 Å². The maximum absolute atomic E-state index is 11.2. The van der Waals surface area contributed by atoms with Crippen molar-refractivity contribution in [3.63, 3.8) is 0 Å². The van der Waals surface area contributed by atoms with Crippen LogP contribution in [-0.4, -0.2) is 21.2 Å². The smallest absolute Gasteiger partial charge is 0.299 e. The molecule has 4 fully saturated rings. The van der Waals surface area contributed by atoms with E-state index in [1.807, 2.05) is 6.92 Å². The van der Waals surface area contributed by atoms with Crippen LogP contribution in [0.3, 0.4) is 0 Å². The molecule has 0 heterocycles. The van der Waals surface area contributed by atoms with Gasteiger partial charge in [0.15, 0.2) is 5.60 Å². The van der Waals surface area contributed by atoms with Crippen molar-refractivity contribution in [1.82, 2.24) is 0 Å². The molecular formula is C24H40N2O. The Labute approximate surface area is 165 Å². The minimum absolute atomic E-state index is 0.580. The van der Waals surface area contributed by atoms with Crippen LogP contribution >= 0.6 is 0 Å². The van der Waals surface area contributed by atoms with E-state index < -0.39 is 5.60 Å². The summed E-state index contributed by atoms with van der Waals surface area (Å²) in [6.07, 6.45) is 11.8. The largest absolute Gasteiger partial charge is 0.378 e. The Bertz CT molecular complexity index is 624. The Morgan fingerprint density at radius 1 is 1.04 bits per heavy atom.